The molecule has 1 aromatic heterocycles. The van der Waals surface area contributed by atoms with Gasteiger partial charge in [-0.3, -0.25) is 4.90 Å². The average molecular weight is 274 g/mol. The molecule has 1 atom stereocenters. The molecule has 1 unspecified atom stereocenters. The quantitative estimate of drug-likeness (QED) is 0.836. The summed E-state index contributed by atoms with van der Waals surface area (Å²) >= 11 is 3.11. The highest BCUT2D eigenvalue weighted by molar-refractivity contribution is 8.01. The largest absolute Gasteiger partial charge is 0.375 e. The first kappa shape index (κ1) is 13.1. The van der Waals surface area contributed by atoms with Crippen molar-refractivity contribution in [1.29, 1.82) is 0 Å². The zero-order valence-corrected chi connectivity index (χ0v) is 11.8. The van der Waals surface area contributed by atoms with Crippen LogP contribution in [0.15, 0.2) is 4.34 Å². The Morgan fingerprint density at radius 2 is 2.41 bits per heavy atom. The minimum atomic E-state index is 0.279. The Morgan fingerprint density at radius 3 is 3.06 bits per heavy atom. The van der Waals surface area contributed by atoms with Crippen LogP contribution in [0.3, 0.4) is 0 Å². The Hall–Kier alpha value is -0.370. The molecule has 96 valence electrons. The van der Waals surface area contributed by atoms with Crippen molar-refractivity contribution in [1.82, 2.24) is 15.1 Å². The Morgan fingerprint density at radius 1 is 1.59 bits per heavy atom. The van der Waals surface area contributed by atoms with Crippen LogP contribution in [-0.2, 0) is 4.74 Å². The topological polar surface area (TPSA) is 64.3 Å². The van der Waals surface area contributed by atoms with E-state index in [9.17, 15) is 0 Å². The van der Waals surface area contributed by atoms with Gasteiger partial charge >= 0.3 is 0 Å². The highest BCUT2D eigenvalue weighted by Gasteiger charge is 2.22. The molecular formula is C10H18N4OS2. The van der Waals surface area contributed by atoms with Gasteiger partial charge in [0, 0.05) is 24.9 Å². The highest BCUT2D eigenvalue weighted by Crippen LogP contribution is 2.25. The molecule has 1 aliphatic heterocycles. The first-order valence-corrected chi connectivity index (χ1v) is 7.53. The molecular weight excluding hydrogens is 256 g/mol. The number of thioether (sulfide) groups is 1. The van der Waals surface area contributed by atoms with Crippen molar-refractivity contribution in [2.45, 2.75) is 30.3 Å². The first-order chi connectivity index (χ1) is 8.15. The molecule has 0 bridgehead atoms. The molecule has 0 aromatic carbocycles. The summed E-state index contributed by atoms with van der Waals surface area (Å²) in [5.41, 5.74) is 5.54. The van der Waals surface area contributed by atoms with Crippen LogP contribution in [0.5, 0.6) is 0 Å². The second-order valence-corrected chi connectivity index (χ2v) is 6.57. The van der Waals surface area contributed by atoms with Crippen molar-refractivity contribution < 1.29 is 4.74 Å². The van der Waals surface area contributed by atoms with Gasteiger partial charge in [0.15, 0.2) is 4.34 Å². The lowest BCUT2D eigenvalue weighted by atomic mass is 10.2. The van der Waals surface area contributed by atoms with Crippen LogP contribution in [-0.4, -0.2) is 52.7 Å². The predicted octanol–water partition coefficient (Wildman–Crippen LogP) is 1.32. The number of nitrogens with two attached hydrogens (primary N) is 1. The molecule has 7 heteroatoms. The third-order valence-corrected chi connectivity index (χ3v) is 4.73. The monoisotopic (exact) mass is 274 g/mol. The van der Waals surface area contributed by atoms with E-state index in [0.717, 1.165) is 29.8 Å². The van der Waals surface area contributed by atoms with E-state index >= 15 is 0 Å². The van der Waals surface area contributed by atoms with Crippen LogP contribution in [0.2, 0.25) is 0 Å². The number of nitrogens with zero attached hydrogens (tertiary/aromatic N) is 3. The predicted molar refractivity (Wildman–Crippen MR) is 71.5 cm³/mol. The third-order valence-electron chi connectivity index (χ3n) is 2.72. The van der Waals surface area contributed by atoms with Crippen molar-refractivity contribution in [2.24, 2.45) is 0 Å². The lowest BCUT2D eigenvalue weighted by Crippen LogP contribution is -2.46. The van der Waals surface area contributed by atoms with E-state index in [-0.39, 0.29) is 6.10 Å². The van der Waals surface area contributed by atoms with Gasteiger partial charge in [0.1, 0.15) is 0 Å². The maximum atomic E-state index is 5.75. The van der Waals surface area contributed by atoms with Crippen molar-refractivity contribution in [2.75, 3.05) is 31.2 Å². The maximum absolute atomic E-state index is 5.75. The van der Waals surface area contributed by atoms with Gasteiger partial charge in [-0.15, -0.1) is 10.2 Å². The van der Waals surface area contributed by atoms with Gasteiger partial charge in [-0.05, 0) is 13.8 Å². The summed E-state index contributed by atoms with van der Waals surface area (Å²) < 4.78 is 6.67. The normalized spacial score (nSPS) is 22.2. The zero-order chi connectivity index (χ0) is 12.3. The molecule has 2 heterocycles. The minimum Gasteiger partial charge on any atom is -0.375 e. The molecule has 1 fully saturated rings. The van der Waals surface area contributed by atoms with Crippen LogP contribution in [0.1, 0.15) is 13.8 Å². The summed E-state index contributed by atoms with van der Waals surface area (Å²) in [5, 5.41) is 8.32. The molecule has 5 nitrogen and oxygen atoms in total. The Bertz CT molecular complexity index is 358. The van der Waals surface area contributed by atoms with E-state index < -0.39 is 0 Å². The number of anilines is 1. The average Bonchev–Trinajstić information content (AvgIpc) is 2.73. The van der Waals surface area contributed by atoms with Gasteiger partial charge in [-0.25, -0.2) is 0 Å². The minimum absolute atomic E-state index is 0.279. The number of hydrogen-bond acceptors (Lipinski definition) is 7. The molecule has 1 saturated heterocycles. The number of morpholine rings is 1. The van der Waals surface area contributed by atoms with Gasteiger partial charge in [0.25, 0.3) is 0 Å². The summed E-state index contributed by atoms with van der Waals surface area (Å²) in [6.45, 7) is 7.30. The van der Waals surface area contributed by atoms with Crippen LogP contribution >= 0.6 is 23.1 Å². The summed E-state index contributed by atoms with van der Waals surface area (Å²) in [5.74, 6) is 0.915. The second kappa shape index (κ2) is 5.99. The van der Waals surface area contributed by atoms with Gasteiger partial charge in [0.05, 0.1) is 12.7 Å². The van der Waals surface area contributed by atoms with Gasteiger partial charge in [-0.2, -0.15) is 0 Å². The van der Waals surface area contributed by atoms with Crippen LogP contribution in [0, 0.1) is 0 Å². The molecule has 1 aromatic rings. The molecule has 17 heavy (non-hydrogen) atoms. The summed E-state index contributed by atoms with van der Waals surface area (Å²) in [7, 11) is 0. The molecule has 0 spiro atoms. The molecule has 0 amide bonds. The van der Waals surface area contributed by atoms with E-state index in [4.69, 9.17) is 10.5 Å². The second-order valence-electron chi connectivity index (χ2n) is 4.30. The Balaban J connectivity index is 1.79. The zero-order valence-electron chi connectivity index (χ0n) is 10.1. The smallest absolute Gasteiger partial charge is 0.203 e. The Labute approximate surface area is 110 Å². The van der Waals surface area contributed by atoms with Crippen LogP contribution in [0.25, 0.3) is 0 Å². The summed E-state index contributed by atoms with van der Waals surface area (Å²) in [6.07, 6.45) is 0.279. The van der Waals surface area contributed by atoms with Crippen molar-refractivity contribution in [3.8, 4) is 0 Å². The molecule has 1 aliphatic rings. The third kappa shape index (κ3) is 3.80. The lowest BCUT2D eigenvalue weighted by Gasteiger charge is -2.35. The van der Waals surface area contributed by atoms with E-state index in [1.54, 1.807) is 11.8 Å². The standard InChI is InChI=1S/C10H18N4OS2/c1-7(2)14-3-4-15-8(5-14)6-16-10-13-12-9(11)17-10/h7-8H,3-6H2,1-2H3,(H2,11,12). The fraction of sp³-hybridized carbons (Fsp3) is 0.800. The van der Waals surface area contributed by atoms with Crippen molar-refractivity contribution in [3.05, 3.63) is 0 Å². The van der Waals surface area contributed by atoms with Crippen molar-refractivity contribution >= 4 is 28.2 Å². The van der Waals surface area contributed by atoms with E-state index in [0.29, 0.717) is 11.2 Å². The van der Waals surface area contributed by atoms with Crippen LogP contribution in [0.4, 0.5) is 5.13 Å². The number of ether oxygens (including phenoxy) is 1. The highest BCUT2D eigenvalue weighted by atomic mass is 32.2. The molecule has 0 aliphatic carbocycles. The van der Waals surface area contributed by atoms with Crippen LogP contribution < -0.4 is 5.73 Å². The fourth-order valence-corrected chi connectivity index (χ4v) is 3.42. The maximum Gasteiger partial charge on any atom is 0.203 e. The molecule has 0 radical (unpaired) electrons. The van der Waals surface area contributed by atoms with Gasteiger partial charge < -0.3 is 10.5 Å². The lowest BCUT2D eigenvalue weighted by molar-refractivity contribution is -0.0265. The number of hydrogen-bond donors (Lipinski definition) is 1. The Kier molecular flexibility index (Phi) is 4.61. The number of rotatable bonds is 4. The molecule has 2 rings (SSSR count). The number of aromatic nitrogens is 2. The number of nitrogen functional groups attached to an aromatic ring is 1. The van der Waals surface area contributed by atoms with E-state index in [1.807, 2.05) is 0 Å². The van der Waals surface area contributed by atoms with Crippen molar-refractivity contribution in [3.63, 3.8) is 0 Å². The summed E-state index contributed by atoms with van der Waals surface area (Å²) in [4.78, 5) is 2.45. The molecule has 2 N–H and O–H groups in total. The van der Waals surface area contributed by atoms with E-state index in [1.165, 1.54) is 11.3 Å². The fourth-order valence-electron chi connectivity index (χ4n) is 1.75. The first-order valence-electron chi connectivity index (χ1n) is 5.72. The van der Waals surface area contributed by atoms with E-state index in [2.05, 4.69) is 28.9 Å². The molecule has 0 saturated carbocycles. The van der Waals surface area contributed by atoms with Gasteiger partial charge in [0.2, 0.25) is 5.13 Å². The SMILES string of the molecule is CC(C)N1CCOC(CSc2nnc(N)s2)C1. The summed E-state index contributed by atoms with van der Waals surface area (Å²) in [6, 6.07) is 0.587. The van der Waals surface area contributed by atoms with Gasteiger partial charge in [-0.1, -0.05) is 23.1 Å².